The van der Waals surface area contributed by atoms with Gasteiger partial charge >= 0.3 is 0 Å². The predicted molar refractivity (Wildman–Crippen MR) is 85.3 cm³/mol. The minimum atomic E-state index is 0.207. The molecule has 0 unspecified atom stereocenters. The normalized spacial score (nSPS) is 18.2. The topological polar surface area (TPSA) is 32.3 Å². The number of rotatable bonds is 5. The number of hydrogen-bond acceptors (Lipinski definition) is 2. The summed E-state index contributed by atoms with van der Waals surface area (Å²) in [6.07, 6.45) is 1.58. The van der Waals surface area contributed by atoms with Crippen LogP contribution in [0.4, 0.5) is 5.69 Å². The lowest BCUT2D eigenvalue weighted by Gasteiger charge is -2.17. The van der Waals surface area contributed by atoms with Crippen molar-refractivity contribution in [2.75, 3.05) is 18.0 Å². The van der Waals surface area contributed by atoms with Crippen LogP contribution in [-0.2, 0) is 11.2 Å². The van der Waals surface area contributed by atoms with E-state index in [0.29, 0.717) is 6.42 Å². The number of nitrogens with one attached hydrogen (secondary N) is 1. The lowest BCUT2D eigenvalue weighted by molar-refractivity contribution is -0.117. The highest BCUT2D eigenvalue weighted by atomic mass is 16.2. The third-order valence-corrected chi connectivity index (χ3v) is 3.88. The van der Waals surface area contributed by atoms with Gasteiger partial charge in [0, 0.05) is 24.7 Å². The molecular weight excluding hydrogens is 260 g/mol. The molecule has 2 aromatic carbocycles. The highest BCUT2D eigenvalue weighted by Crippen LogP contribution is 2.20. The van der Waals surface area contributed by atoms with Gasteiger partial charge in [0.15, 0.2) is 0 Å². The highest BCUT2D eigenvalue weighted by molar-refractivity contribution is 5.96. The van der Waals surface area contributed by atoms with Gasteiger partial charge in [-0.25, -0.2) is 0 Å². The van der Waals surface area contributed by atoms with Gasteiger partial charge in [0.2, 0.25) is 5.91 Å². The Bertz CT molecular complexity index is 583. The maximum absolute atomic E-state index is 12.1. The fourth-order valence-corrected chi connectivity index (χ4v) is 2.77. The molecule has 3 heteroatoms. The minimum Gasteiger partial charge on any atom is -0.311 e. The third kappa shape index (κ3) is 3.50. The van der Waals surface area contributed by atoms with Gasteiger partial charge in [0.1, 0.15) is 0 Å². The second-order valence-electron chi connectivity index (χ2n) is 5.43. The van der Waals surface area contributed by atoms with Gasteiger partial charge < -0.3 is 10.2 Å². The minimum absolute atomic E-state index is 0.207. The molecule has 1 atom stereocenters. The zero-order chi connectivity index (χ0) is 14.5. The Morgan fingerprint density at radius 3 is 2.38 bits per heavy atom. The summed E-state index contributed by atoms with van der Waals surface area (Å²) < 4.78 is 0. The van der Waals surface area contributed by atoms with Crippen molar-refractivity contribution in [1.82, 2.24) is 5.32 Å². The van der Waals surface area contributed by atoms with Crippen molar-refractivity contribution in [2.45, 2.75) is 18.9 Å². The Labute approximate surface area is 125 Å². The van der Waals surface area contributed by atoms with Crippen LogP contribution in [0.3, 0.4) is 0 Å². The molecule has 1 aliphatic rings. The van der Waals surface area contributed by atoms with Crippen LogP contribution in [0.15, 0.2) is 60.7 Å². The van der Waals surface area contributed by atoms with Gasteiger partial charge in [0.25, 0.3) is 0 Å². The zero-order valence-electron chi connectivity index (χ0n) is 12.0. The van der Waals surface area contributed by atoms with Crippen molar-refractivity contribution in [1.29, 1.82) is 0 Å². The Hall–Kier alpha value is -2.13. The summed E-state index contributed by atoms with van der Waals surface area (Å²) in [5.41, 5.74) is 2.32. The quantitative estimate of drug-likeness (QED) is 0.913. The standard InChI is InChI=1S/C18H20N2O/c21-18-13-16(14-20(18)17-9-5-2-6-10-17)19-12-11-15-7-3-1-4-8-15/h1-10,16,19H,11-14H2/t16-/m1/s1. The van der Waals surface area contributed by atoms with Crippen LogP contribution in [0, 0.1) is 0 Å². The van der Waals surface area contributed by atoms with E-state index in [0.717, 1.165) is 25.2 Å². The van der Waals surface area contributed by atoms with Crippen LogP contribution in [0.5, 0.6) is 0 Å². The largest absolute Gasteiger partial charge is 0.311 e. The van der Waals surface area contributed by atoms with Crippen molar-refractivity contribution in [3.8, 4) is 0 Å². The summed E-state index contributed by atoms with van der Waals surface area (Å²) in [5.74, 6) is 0.207. The van der Waals surface area contributed by atoms with Crippen molar-refractivity contribution < 1.29 is 4.79 Å². The number of carbonyl (C=O) groups excluding carboxylic acids is 1. The molecule has 0 aromatic heterocycles. The summed E-state index contributed by atoms with van der Waals surface area (Å²) >= 11 is 0. The lowest BCUT2D eigenvalue weighted by Crippen LogP contribution is -2.34. The summed E-state index contributed by atoms with van der Waals surface area (Å²) in [4.78, 5) is 14.0. The zero-order valence-corrected chi connectivity index (χ0v) is 12.0. The first-order valence-corrected chi connectivity index (χ1v) is 7.45. The van der Waals surface area contributed by atoms with Crippen LogP contribution in [0.25, 0.3) is 0 Å². The number of amides is 1. The second kappa shape index (κ2) is 6.55. The highest BCUT2D eigenvalue weighted by Gasteiger charge is 2.29. The Kier molecular flexibility index (Phi) is 4.31. The van der Waals surface area contributed by atoms with E-state index in [1.807, 2.05) is 41.3 Å². The van der Waals surface area contributed by atoms with Gasteiger partial charge in [-0.15, -0.1) is 0 Å². The molecule has 1 aliphatic heterocycles. The molecule has 1 N–H and O–H groups in total. The fraction of sp³-hybridized carbons (Fsp3) is 0.278. The fourth-order valence-electron chi connectivity index (χ4n) is 2.77. The molecule has 3 rings (SSSR count). The first kappa shape index (κ1) is 13.8. The molecule has 1 heterocycles. The first-order valence-electron chi connectivity index (χ1n) is 7.45. The summed E-state index contributed by atoms with van der Waals surface area (Å²) in [5, 5.41) is 3.50. The van der Waals surface area contributed by atoms with E-state index in [1.165, 1.54) is 5.56 Å². The molecule has 1 amide bonds. The molecular formula is C18H20N2O. The van der Waals surface area contributed by atoms with E-state index < -0.39 is 0 Å². The van der Waals surface area contributed by atoms with Gasteiger partial charge in [0.05, 0.1) is 0 Å². The SMILES string of the molecule is O=C1C[C@@H](NCCc2ccccc2)CN1c1ccccc1. The number of hydrogen-bond donors (Lipinski definition) is 1. The molecule has 1 saturated heterocycles. The second-order valence-corrected chi connectivity index (χ2v) is 5.43. The van der Waals surface area contributed by atoms with E-state index in [2.05, 4.69) is 29.6 Å². The molecule has 0 saturated carbocycles. The maximum Gasteiger partial charge on any atom is 0.228 e. The van der Waals surface area contributed by atoms with Gasteiger partial charge in [-0.1, -0.05) is 48.5 Å². The van der Waals surface area contributed by atoms with E-state index in [-0.39, 0.29) is 11.9 Å². The molecule has 0 aliphatic carbocycles. The van der Waals surface area contributed by atoms with Crippen molar-refractivity contribution in [3.05, 3.63) is 66.2 Å². The molecule has 3 nitrogen and oxygen atoms in total. The Morgan fingerprint density at radius 2 is 1.67 bits per heavy atom. The van der Waals surface area contributed by atoms with Crippen molar-refractivity contribution in [2.24, 2.45) is 0 Å². The maximum atomic E-state index is 12.1. The molecule has 0 spiro atoms. The van der Waals surface area contributed by atoms with Crippen LogP contribution in [-0.4, -0.2) is 25.0 Å². The number of anilines is 1. The summed E-state index contributed by atoms with van der Waals surface area (Å²) in [6.45, 7) is 1.67. The van der Waals surface area contributed by atoms with E-state index >= 15 is 0 Å². The number of nitrogens with zero attached hydrogens (tertiary/aromatic N) is 1. The molecule has 21 heavy (non-hydrogen) atoms. The smallest absolute Gasteiger partial charge is 0.228 e. The lowest BCUT2D eigenvalue weighted by atomic mass is 10.1. The monoisotopic (exact) mass is 280 g/mol. The number of carbonyl (C=O) groups is 1. The van der Waals surface area contributed by atoms with Crippen LogP contribution >= 0.6 is 0 Å². The molecule has 108 valence electrons. The van der Waals surface area contributed by atoms with E-state index in [4.69, 9.17) is 0 Å². The van der Waals surface area contributed by atoms with E-state index in [1.54, 1.807) is 0 Å². The number of benzene rings is 2. The van der Waals surface area contributed by atoms with Crippen molar-refractivity contribution >= 4 is 11.6 Å². The molecule has 0 radical (unpaired) electrons. The van der Waals surface area contributed by atoms with Crippen LogP contribution < -0.4 is 10.2 Å². The van der Waals surface area contributed by atoms with Gasteiger partial charge in [-0.2, -0.15) is 0 Å². The van der Waals surface area contributed by atoms with E-state index in [9.17, 15) is 4.79 Å². The molecule has 1 fully saturated rings. The van der Waals surface area contributed by atoms with Gasteiger partial charge in [-0.3, -0.25) is 4.79 Å². The Morgan fingerprint density at radius 1 is 1.00 bits per heavy atom. The third-order valence-electron chi connectivity index (χ3n) is 3.88. The van der Waals surface area contributed by atoms with Crippen molar-refractivity contribution in [3.63, 3.8) is 0 Å². The average molecular weight is 280 g/mol. The van der Waals surface area contributed by atoms with Crippen LogP contribution in [0.2, 0.25) is 0 Å². The summed E-state index contributed by atoms with van der Waals surface area (Å²) in [6, 6.07) is 20.6. The Balaban J connectivity index is 1.51. The first-order chi connectivity index (χ1) is 10.3. The number of para-hydroxylation sites is 1. The predicted octanol–water partition coefficient (Wildman–Crippen LogP) is 2.62. The average Bonchev–Trinajstić information content (AvgIpc) is 2.90. The molecule has 0 bridgehead atoms. The van der Waals surface area contributed by atoms with Crippen LogP contribution in [0.1, 0.15) is 12.0 Å². The summed E-state index contributed by atoms with van der Waals surface area (Å²) in [7, 11) is 0. The van der Waals surface area contributed by atoms with Gasteiger partial charge in [-0.05, 0) is 30.7 Å². The molecule has 2 aromatic rings.